The van der Waals surface area contributed by atoms with Crippen LogP contribution in [0.2, 0.25) is 0 Å². The molecule has 0 aliphatic carbocycles. The van der Waals surface area contributed by atoms with Crippen molar-refractivity contribution in [3.63, 3.8) is 0 Å². The Morgan fingerprint density at radius 3 is 2.72 bits per heavy atom. The van der Waals surface area contributed by atoms with E-state index in [1.54, 1.807) is 24.3 Å². The number of ether oxygens (including phenoxy) is 1. The van der Waals surface area contributed by atoms with Gasteiger partial charge in [0, 0.05) is 13.1 Å². The maximum Gasteiger partial charge on any atom is 0.290 e. The van der Waals surface area contributed by atoms with Gasteiger partial charge in [0.1, 0.15) is 18.1 Å². The van der Waals surface area contributed by atoms with Crippen LogP contribution in [0.4, 0.5) is 0 Å². The molecule has 0 saturated carbocycles. The number of hydrogen-bond acceptors (Lipinski definition) is 5. The van der Waals surface area contributed by atoms with Gasteiger partial charge in [0.25, 0.3) is 11.8 Å². The molecule has 0 radical (unpaired) electrons. The molecule has 0 saturated heterocycles. The van der Waals surface area contributed by atoms with Gasteiger partial charge in [-0.15, -0.1) is 0 Å². The Hall–Kier alpha value is -4.26. The lowest BCUT2D eigenvalue weighted by Gasteiger charge is -2.37. The third-order valence-corrected chi connectivity index (χ3v) is 6.30. The van der Waals surface area contributed by atoms with Gasteiger partial charge < -0.3 is 23.8 Å². The van der Waals surface area contributed by atoms with Crippen molar-refractivity contribution in [2.45, 2.75) is 32.9 Å². The normalized spacial score (nSPS) is 14.8. The number of rotatable bonds is 7. The van der Waals surface area contributed by atoms with Crippen molar-refractivity contribution < 1.29 is 23.2 Å². The second-order valence-corrected chi connectivity index (χ2v) is 8.82. The van der Waals surface area contributed by atoms with E-state index in [2.05, 4.69) is 23.5 Å². The van der Waals surface area contributed by atoms with Gasteiger partial charge in [-0.3, -0.25) is 9.59 Å². The predicted octanol–water partition coefficient (Wildman–Crippen LogP) is 5.30. The first-order valence-corrected chi connectivity index (χ1v) is 12.1. The number of furan rings is 2. The summed E-state index contributed by atoms with van der Waals surface area (Å²) in [5, 5.41) is 2.72. The molecule has 1 N–H and O–H groups in total. The van der Waals surface area contributed by atoms with Crippen LogP contribution in [0.25, 0.3) is 0 Å². The number of benzene rings is 2. The maximum atomic E-state index is 13.4. The lowest BCUT2D eigenvalue weighted by Crippen LogP contribution is -2.40. The molecule has 0 fully saturated rings. The SMILES string of the molecule is CCNC(=O)c1ccc(COc2ccc3c(c2)[C@@H](c2cccc(C)c2)N(C(=O)c2ccco2)CC3)o1. The van der Waals surface area contributed by atoms with Crippen LogP contribution >= 0.6 is 0 Å². The van der Waals surface area contributed by atoms with Gasteiger partial charge in [-0.25, -0.2) is 0 Å². The van der Waals surface area contributed by atoms with Gasteiger partial charge in [0.05, 0.1) is 12.3 Å². The smallest absolute Gasteiger partial charge is 0.290 e. The van der Waals surface area contributed by atoms with E-state index in [1.807, 2.05) is 43.0 Å². The van der Waals surface area contributed by atoms with E-state index in [4.69, 9.17) is 13.6 Å². The van der Waals surface area contributed by atoms with Crippen molar-refractivity contribution in [2.24, 2.45) is 0 Å². The molecule has 7 heteroatoms. The van der Waals surface area contributed by atoms with E-state index in [1.165, 1.54) is 11.8 Å². The summed E-state index contributed by atoms with van der Waals surface area (Å²) in [6.07, 6.45) is 2.25. The third-order valence-electron chi connectivity index (χ3n) is 6.30. The number of carbonyl (C=O) groups excluding carboxylic acids is 2. The minimum absolute atomic E-state index is 0.142. The number of amides is 2. The highest BCUT2D eigenvalue weighted by atomic mass is 16.5. The van der Waals surface area contributed by atoms with E-state index in [0.717, 1.165) is 23.1 Å². The van der Waals surface area contributed by atoms with Crippen molar-refractivity contribution in [2.75, 3.05) is 13.1 Å². The van der Waals surface area contributed by atoms with Gasteiger partial charge in [0.15, 0.2) is 11.5 Å². The summed E-state index contributed by atoms with van der Waals surface area (Å²) in [5.41, 5.74) is 4.35. The fourth-order valence-corrected chi connectivity index (χ4v) is 4.62. The summed E-state index contributed by atoms with van der Waals surface area (Å²) in [7, 11) is 0. The standard InChI is InChI=1S/C29H28N2O5/c1-3-30-28(32)25-12-11-23(36-25)18-35-22-10-9-20-13-14-31(29(33)26-8-5-15-34-26)27(24(20)17-22)21-7-4-6-19(2)16-21/h4-12,15-17,27H,3,13-14,18H2,1-2H3,(H,30,32)/t27-/m1/s1. The molecule has 0 unspecified atom stereocenters. The fourth-order valence-electron chi connectivity index (χ4n) is 4.62. The lowest BCUT2D eigenvalue weighted by molar-refractivity contribution is 0.0661. The molecular weight excluding hydrogens is 456 g/mol. The molecular formula is C29H28N2O5. The zero-order valence-corrected chi connectivity index (χ0v) is 20.3. The molecule has 36 heavy (non-hydrogen) atoms. The summed E-state index contributed by atoms with van der Waals surface area (Å²) in [6.45, 7) is 5.20. The summed E-state index contributed by atoms with van der Waals surface area (Å²) < 4.78 is 17.1. The van der Waals surface area contributed by atoms with E-state index >= 15 is 0 Å². The third kappa shape index (κ3) is 4.77. The molecule has 4 aromatic rings. The molecule has 3 heterocycles. The molecule has 1 aliphatic heterocycles. The molecule has 0 bridgehead atoms. The predicted molar refractivity (Wildman–Crippen MR) is 134 cm³/mol. The zero-order valence-electron chi connectivity index (χ0n) is 20.3. The largest absolute Gasteiger partial charge is 0.486 e. The molecule has 7 nitrogen and oxygen atoms in total. The summed E-state index contributed by atoms with van der Waals surface area (Å²) >= 11 is 0. The first-order chi connectivity index (χ1) is 17.5. The van der Waals surface area contributed by atoms with Gasteiger partial charge in [0.2, 0.25) is 0 Å². The molecule has 5 rings (SSSR count). The Bertz CT molecular complexity index is 1370. The van der Waals surface area contributed by atoms with Crippen LogP contribution in [-0.2, 0) is 13.0 Å². The van der Waals surface area contributed by atoms with Gasteiger partial charge in [-0.05, 0) is 73.4 Å². The maximum absolute atomic E-state index is 13.4. The number of nitrogens with one attached hydrogen (secondary N) is 1. The molecule has 1 aliphatic rings. The van der Waals surface area contributed by atoms with Crippen LogP contribution in [0.5, 0.6) is 5.75 Å². The van der Waals surface area contributed by atoms with Gasteiger partial charge in [-0.2, -0.15) is 0 Å². The van der Waals surface area contributed by atoms with E-state index in [-0.39, 0.29) is 30.2 Å². The fraction of sp³-hybridized carbons (Fsp3) is 0.241. The zero-order chi connectivity index (χ0) is 25.1. The summed E-state index contributed by atoms with van der Waals surface area (Å²) in [4.78, 5) is 27.2. The lowest BCUT2D eigenvalue weighted by atomic mass is 9.87. The molecule has 0 spiro atoms. The van der Waals surface area contributed by atoms with Crippen LogP contribution in [0.15, 0.2) is 81.8 Å². The van der Waals surface area contributed by atoms with Crippen molar-refractivity contribution in [3.8, 4) is 5.75 Å². The first kappa shape index (κ1) is 23.5. The molecule has 2 aromatic heterocycles. The minimum atomic E-state index is -0.275. The molecule has 1 atom stereocenters. The number of carbonyl (C=O) groups is 2. The highest BCUT2D eigenvalue weighted by Crippen LogP contribution is 2.38. The van der Waals surface area contributed by atoms with E-state index < -0.39 is 0 Å². The molecule has 2 aromatic carbocycles. The van der Waals surface area contributed by atoms with Crippen LogP contribution in [0, 0.1) is 6.92 Å². The molecule has 184 valence electrons. The second-order valence-electron chi connectivity index (χ2n) is 8.82. The summed E-state index contributed by atoms with van der Waals surface area (Å²) in [5.74, 6) is 1.40. The average Bonchev–Trinajstić information content (AvgIpc) is 3.59. The van der Waals surface area contributed by atoms with Crippen LogP contribution in [-0.4, -0.2) is 29.8 Å². The monoisotopic (exact) mass is 484 g/mol. The van der Waals surface area contributed by atoms with Crippen LogP contribution in [0.3, 0.4) is 0 Å². The van der Waals surface area contributed by atoms with E-state index in [0.29, 0.717) is 30.4 Å². The van der Waals surface area contributed by atoms with Crippen molar-refractivity contribution in [1.29, 1.82) is 0 Å². The van der Waals surface area contributed by atoms with E-state index in [9.17, 15) is 9.59 Å². The first-order valence-electron chi connectivity index (χ1n) is 12.1. The Kier molecular flexibility index (Phi) is 6.62. The van der Waals surface area contributed by atoms with Crippen LogP contribution < -0.4 is 10.1 Å². The second kappa shape index (κ2) is 10.2. The Labute approximate surface area is 209 Å². The van der Waals surface area contributed by atoms with Crippen LogP contribution in [0.1, 0.15) is 62.1 Å². The Balaban J connectivity index is 1.43. The minimum Gasteiger partial charge on any atom is -0.486 e. The Morgan fingerprint density at radius 2 is 1.94 bits per heavy atom. The molecule has 2 amide bonds. The van der Waals surface area contributed by atoms with Gasteiger partial charge in [-0.1, -0.05) is 35.9 Å². The number of aryl methyl sites for hydroxylation is 1. The van der Waals surface area contributed by atoms with Crippen molar-refractivity contribution in [1.82, 2.24) is 10.2 Å². The average molecular weight is 485 g/mol. The number of hydrogen-bond donors (Lipinski definition) is 1. The summed E-state index contributed by atoms with van der Waals surface area (Å²) in [6, 6.07) is 20.7. The van der Waals surface area contributed by atoms with Crippen molar-refractivity contribution in [3.05, 3.63) is 113 Å². The highest BCUT2D eigenvalue weighted by molar-refractivity contribution is 5.92. The number of fused-ring (bicyclic) bond motifs is 1. The number of nitrogens with zero attached hydrogens (tertiary/aromatic N) is 1. The highest BCUT2D eigenvalue weighted by Gasteiger charge is 2.34. The quantitative estimate of drug-likeness (QED) is 0.385. The van der Waals surface area contributed by atoms with Crippen molar-refractivity contribution >= 4 is 11.8 Å². The Morgan fingerprint density at radius 1 is 1.06 bits per heavy atom. The van der Waals surface area contributed by atoms with Gasteiger partial charge >= 0.3 is 0 Å². The topological polar surface area (TPSA) is 84.9 Å².